The fourth-order valence-corrected chi connectivity index (χ4v) is 2.96. The number of nitrogens with zero attached hydrogens (tertiary/aromatic N) is 1. The maximum Gasteiger partial charge on any atom is 0.191 e. The minimum absolute atomic E-state index is 0. The van der Waals surface area contributed by atoms with Crippen LogP contribution in [0.5, 0.6) is 11.5 Å². The van der Waals surface area contributed by atoms with Gasteiger partial charge in [0.15, 0.2) is 17.5 Å². The Morgan fingerprint density at radius 3 is 2.65 bits per heavy atom. The zero-order chi connectivity index (χ0) is 17.6. The van der Waals surface area contributed by atoms with Gasteiger partial charge in [-0.15, -0.1) is 24.0 Å². The average molecular weight is 488 g/mol. The van der Waals surface area contributed by atoms with E-state index in [2.05, 4.69) is 34.7 Å². The van der Waals surface area contributed by atoms with Crippen molar-refractivity contribution in [1.29, 1.82) is 0 Å². The van der Waals surface area contributed by atoms with E-state index < -0.39 is 0 Å². The molecule has 3 rings (SSSR count). The summed E-state index contributed by atoms with van der Waals surface area (Å²) in [6, 6.07) is 14.2. The molecular formula is C19H23ClIN3O2. The largest absolute Gasteiger partial charge is 0.486 e. The molecule has 0 fully saturated rings. The lowest BCUT2D eigenvalue weighted by Gasteiger charge is -2.21. The number of guanidine groups is 1. The summed E-state index contributed by atoms with van der Waals surface area (Å²) in [5, 5.41) is 7.25. The van der Waals surface area contributed by atoms with Crippen LogP contribution in [0.15, 0.2) is 47.5 Å². The zero-order valence-corrected chi connectivity index (χ0v) is 17.9. The van der Waals surface area contributed by atoms with Gasteiger partial charge in [-0.25, -0.2) is 0 Å². The molecule has 1 aliphatic heterocycles. The van der Waals surface area contributed by atoms with Crippen LogP contribution in [0.4, 0.5) is 0 Å². The Hall–Kier alpha value is -1.67. The molecule has 26 heavy (non-hydrogen) atoms. The summed E-state index contributed by atoms with van der Waals surface area (Å²) in [5.74, 6) is 2.04. The van der Waals surface area contributed by atoms with E-state index >= 15 is 0 Å². The third kappa shape index (κ3) is 5.17. The van der Waals surface area contributed by atoms with E-state index in [0.29, 0.717) is 36.3 Å². The van der Waals surface area contributed by atoms with Crippen molar-refractivity contribution in [3.8, 4) is 11.5 Å². The molecule has 7 heteroatoms. The van der Waals surface area contributed by atoms with Crippen molar-refractivity contribution in [3.63, 3.8) is 0 Å². The molecule has 0 bridgehead atoms. The van der Waals surface area contributed by atoms with Crippen LogP contribution in [0.3, 0.4) is 0 Å². The monoisotopic (exact) mass is 487 g/mol. The van der Waals surface area contributed by atoms with Crippen LogP contribution >= 0.6 is 35.6 Å². The van der Waals surface area contributed by atoms with E-state index in [9.17, 15) is 0 Å². The molecule has 1 unspecified atom stereocenters. The van der Waals surface area contributed by atoms with Gasteiger partial charge in [0, 0.05) is 13.6 Å². The fourth-order valence-electron chi connectivity index (χ4n) is 2.68. The van der Waals surface area contributed by atoms with Gasteiger partial charge in [-0.05, 0) is 30.2 Å². The summed E-state index contributed by atoms with van der Waals surface area (Å²) in [6.45, 7) is 3.75. The molecule has 1 atom stereocenters. The summed E-state index contributed by atoms with van der Waals surface area (Å²) in [6.07, 6.45) is 0. The van der Waals surface area contributed by atoms with Gasteiger partial charge in [0.05, 0.1) is 11.1 Å². The highest BCUT2D eigenvalue weighted by Gasteiger charge is 2.16. The third-order valence-electron chi connectivity index (χ3n) is 3.99. The number of ether oxygens (including phenoxy) is 2. The van der Waals surface area contributed by atoms with Crippen molar-refractivity contribution >= 4 is 41.5 Å². The van der Waals surface area contributed by atoms with Gasteiger partial charge in [-0.1, -0.05) is 41.9 Å². The Morgan fingerprint density at radius 2 is 1.92 bits per heavy atom. The van der Waals surface area contributed by atoms with Gasteiger partial charge < -0.3 is 20.1 Å². The SMILES string of the molecule is CN=C(NCc1cc(Cl)c2c(c1)OCCO2)NC(C)c1ccccc1.I. The first-order valence-electron chi connectivity index (χ1n) is 8.27. The van der Waals surface area contributed by atoms with Crippen LogP contribution in [0.2, 0.25) is 5.02 Å². The number of hydrogen-bond acceptors (Lipinski definition) is 3. The summed E-state index contributed by atoms with van der Waals surface area (Å²) < 4.78 is 11.2. The molecule has 2 aromatic carbocycles. The lowest BCUT2D eigenvalue weighted by atomic mass is 10.1. The molecule has 0 saturated heterocycles. The molecule has 0 aromatic heterocycles. The number of hydrogen-bond donors (Lipinski definition) is 2. The highest BCUT2D eigenvalue weighted by atomic mass is 127. The second-order valence-corrected chi connectivity index (χ2v) is 6.21. The lowest BCUT2D eigenvalue weighted by molar-refractivity contribution is 0.171. The highest BCUT2D eigenvalue weighted by Crippen LogP contribution is 2.38. The molecule has 0 amide bonds. The highest BCUT2D eigenvalue weighted by molar-refractivity contribution is 14.0. The van der Waals surface area contributed by atoms with Crippen LogP contribution in [-0.4, -0.2) is 26.2 Å². The van der Waals surface area contributed by atoms with E-state index in [1.165, 1.54) is 5.56 Å². The predicted octanol–water partition coefficient (Wildman–Crippen LogP) is 4.16. The number of rotatable bonds is 4. The Balaban J connectivity index is 0.00000243. The number of benzene rings is 2. The minimum Gasteiger partial charge on any atom is -0.486 e. The van der Waals surface area contributed by atoms with Gasteiger partial charge >= 0.3 is 0 Å². The summed E-state index contributed by atoms with van der Waals surface area (Å²) in [7, 11) is 1.75. The maximum absolute atomic E-state index is 6.28. The first-order valence-corrected chi connectivity index (χ1v) is 8.65. The predicted molar refractivity (Wildman–Crippen MR) is 116 cm³/mol. The smallest absolute Gasteiger partial charge is 0.191 e. The van der Waals surface area contributed by atoms with Gasteiger partial charge in [-0.2, -0.15) is 0 Å². The second kappa shape index (κ2) is 9.87. The molecular weight excluding hydrogens is 465 g/mol. The summed E-state index contributed by atoms with van der Waals surface area (Å²) >= 11 is 6.28. The van der Waals surface area contributed by atoms with Crippen molar-refractivity contribution in [2.45, 2.75) is 19.5 Å². The molecule has 5 nitrogen and oxygen atoms in total. The van der Waals surface area contributed by atoms with E-state index in [4.69, 9.17) is 21.1 Å². The van der Waals surface area contributed by atoms with E-state index in [1.807, 2.05) is 30.3 Å². The molecule has 2 aromatic rings. The van der Waals surface area contributed by atoms with Crippen molar-refractivity contribution in [1.82, 2.24) is 10.6 Å². The zero-order valence-electron chi connectivity index (χ0n) is 14.8. The Bertz CT molecular complexity index is 756. The first kappa shape index (κ1) is 20.6. The van der Waals surface area contributed by atoms with E-state index in [-0.39, 0.29) is 30.0 Å². The van der Waals surface area contributed by atoms with Crippen LogP contribution in [0.1, 0.15) is 24.1 Å². The van der Waals surface area contributed by atoms with Gasteiger partial charge in [0.1, 0.15) is 13.2 Å². The van der Waals surface area contributed by atoms with Crippen molar-refractivity contribution in [2.24, 2.45) is 4.99 Å². The van der Waals surface area contributed by atoms with Gasteiger partial charge in [0.2, 0.25) is 0 Å². The number of halogens is 2. The third-order valence-corrected chi connectivity index (χ3v) is 4.27. The molecule has 1 heterocycles. The number of fused-ring (bicyclic) bond motifs is 1. The maximum atomic E-state index is 6.28. The fraction of sp³-hybridized carbons (Fsp3) is 0.316. The number of aliphatic imine (C=N–C) groups is 1. The molecule has 0 aliphatic carbocycles. The second-order valence-electron chi connectivity index (χ2n) is 5.80. The average Bonchev–Trinajstić information content (AvgIpc) is 2.65. The Kier molecular flexibility index (Phi) is 7.84. The van der Waals surface area contributed by atoms with Crippen molar-refractivity contribution in [2.75, 3.05) is 20.3 Å². The quantitative estimate of drug-likeness (QED) is 0.386. The first-order chi connectivity index (χ1) is 12.2. The van der Waals surface area contributed by atoms with Crippen molar-refractivity contribution < 1.29 is 9.47 Å². The van der Waals surface area contributed by atoms with Crippen LogP contribution in [0, 0.1) is 0 Å². The van der Waals surface area contributed by atoms with Crippen molar-refractivity contribution in [3.05, 3.63) is 58.6 Å². The van der Waals surface area contributed by atoms with Gasteiger partial charge in [0.25, 0.3) is 0 Å². The molecule has 0 spiro atoms. The summed E-state index contributed by atoms with van der Waals surface area (Å²) in [4.78, 5) is 4.28. The van der Waals surface area contributed by atoms with Crippen LogP contribution in [0.25, 0.3) is 0 Å². The molecule has 1 aliphatic rings. The lowest BCUT2D eigenvalue weighted by Crippen LogP contribution is -2.38. The molecule has 0 saturated carbocycles. The Labute approximate surface area is 176 Å². The molecule has 0 radical (unpaired) electrons. The molecule has 2 N–H and O–H groups in total. The standard InChI is InChI=1S/C19H22ClN3O2.HI/c1-13(15-6-4-3-5-7-15)23-19(21-2)22-12-14-10-16(20)18-17(11-14)24-8-9-25-18;/h3-7,10-11,13H,8-9,12H2,1-2H3,(H2,21,22,23);1H. The normalized spacial score (nSPS) is 14.2. The number of nitrogens with one attached hydrogen (secondary N) is 2. The van der Waals surface area contributed by atoms with Gasteiger partial charge in [-0.3, -0.25) is 4.99 Å². The molecule has 140 valence electrons. The Morgan fingerprint density at radius 1 is 1.19 bits per heavy atom. The topological polar surface area (TPSA) is 54.9 Å². The van der Waals surface area contributed by atoms with E-state index in [1.54, 1.807) is 7.05 Å². The van der Waals surface area contributed by atoms with E-state index in [0.717, 1.165) is 11.5 Å². The summed E-state index contributed by atoms with van der Waals surface area (Å²) in [5.41, 5.74) is 2.21. The minimum atomic E-state index is 0. The van der Waals surface area contributed by atoms with Crippen LogP contribution < -0.4 is 20.1 Å². The van der Waals surface area contributed by atoms with Crippen LogP contribution in [-0.2, 0) is 6.54 Å².